The molecule has 0 saturated heterocycles. The molecule has 4 rings (SSSR count). The van der Waals surface area contributed by atoms with Crippen LogP contribution in [0.5, 0.6) is 0 Å². The number of aryl methyl sites for hydroxylation is 2. The Morgan fingerprint density at radius 1 is 1.19 bits per heavy atom. The van der Waals surface area contributed by atoms with Crippen LogP contribution in [0.4, 0.5) is 4.39 Å². The second-order valence-corrected chi connectivity index (χ2v) is 8.26. The van der Waals surface area contributed by atoms with Gasteiger partial charge in [0.2, 0.25) is 0 Å². The normalized spacial score (nSPS) is 14.2. The van der Waals surface area contributed by atoms with E-state index in [1.165, 1.54) is 29.0 Å². The summed E-state index contributed by atoms with van der Waals surface area (Å²) in [5.74, 6) is 0.491. The van der Waals surface area contributed by atoms with E-state index in [2.05, 4.69) is 0 Å². The molecule has 4 nitrogen and oxygen atoms in total. The predicted molar refractivity (Wildman–Crippen MR) is 103 cm³/mol. The van der Waals surface area contributed by atoms with Crippen molar-refractivity contribution in [2.24, 2.45) is 0 Å². The lowest BCUT2D eigenvalue weighted by molar-refractivity contribution is 0.379. The monoisotopic (exact) mass is 371 g/mol. The van der Waals surface area contributed by atoms with E-state index in [1.807, 2.05) is 19.0 Å². The zero-order valence-corrected chi connectivity index (χ0v) is 15.9. The maximum Gasteiger partial charge on any atom is 0.262 e. The number of fused-ring (bicyclic) bond motifs is 3. The molecule has 2 heterocycles. The highest BCUT2D eigenvalue weighted by Gasteiger charge is 2.22. The third-order valence-electron chi connectivity index (χ3n) is 4.87. The summed E-state index contributed by atoms with van der Waals surface area (Å²) in [6, 6.07) is 6.33. The first-order valence-electron chi connectivity index (χ1n) is 8.96. The molecule has 3 aromatic rings. The first-order valence-corrected chi connectivity index (χ1v) is 9.77. The van der Waals surface area contributed by atoms with Crippen LogP contribution < -0.4 is 5.56 Å². The van der Waals surface area contributed by atoms with Gasteiger partial charge in [0.15, 0.2) is 0 Å². The number of rotatable bonds is 4. The molecule has 0 radical (unpaired) electrons. The van der Waals surface area contributed by atoms with Gasteiger partial charge in [-0.25, -0.2) is 9.37 Å². The summed E-state index contributed by atoms with van der Waals surface area (Å²) in [5, 5.41) is 0.800. The number of thiophene rings is 1. The molecule has 2 aromatic heterocycles. The minimum atomic E-state index is -0.268. The van der Waals surface area contributed by atoms with E-state index in [-0.39, 0.29) is 11.4 Å². The second-order valence-electron chi connectivity index (χ2n) is 7.17. The molecule has 0 saturated carbocycles. The molecule has 0 unspecified atom stereocenters. The highest BCUT2D eigenvalue weighted by atomic mass is 32.1. The van der Waals surface area contributed by atoms with Gasteiger partial charge < -0.3 is 4.90 Å². The first kappa shape index (κ1) is 17.4. The first-order chi connectivity index (χ1) is 12.5. The molecule has 1 aliphatic carbocycles. The largest absolute Gasteiger partial charge is 0.302 e. The Labute approximate surface area is 155 Å². The van der Waals surface area contributed by atoms with Crippen molar-refractivity contribution < 1.29 is 4.39 Å². The molecule has 0 amide bonds. The van der Waals surface area contributed by atoms with Crippen molar-refractivity contribution in [1.82, 2.24) is 14.5 Å². The van der Waals surface area contributed by atoms with Gasteiger partial charge in [0.1, 0.15) is 16.5 Å². The number of benzene rings is 1. The van der Waals surface area contributed by atoms with Crippen LogP contribution in [-0.4, -0.2) is 28.5 Å². The smallest absolute Gasteiger partial charge is 0.262 e. The molecule has 0 aliphatic heterocycles. The van der Waals surface area contributed by atoms with E-state index in [0.29, 0.717) is 13.1 Å². The number of nitrogens with zero attached hydrogens (tertiary/aromatic N) is 3. The van der Waals surface area contributed by atoms with Crippen LogP contribution in [0.1, 0.15) is 34.7 Å². The molecule has 0 spiro atoms. The van der Waals surface area contributed by atoms with Crippen LogP contribution >= 0.6 is 11.3 Å². The summed E-state index contributed by atoms with van der Waals surface area (Å²) >= 11 is 1.68. The SMILES string of the molecule is CN(C)Cc1nc2sc3c(c2c(=O)n1Cc1ccc(F)cc1)CCCC3. The highest BCUT2D eigenvalue weighted by molar-refractivity contribution is 7.18. The standard InChI is InChI=1S/C20H22FN3OS/c1-23(2)12-17-22-19-18(15-5-3-4-6-16(15)26-19)20(25)24(17)11-13-7-9-14(21)10-8-13/h7-10H,3-6,11-12H2,1-2H3. The summed E-state index contributed by atoms with van der Waals surface area (Å²) < 4.78 is 15.0. The van der Waals surface area contributed by atoms with Crippen molar-refractivity contribution in [3.8, 4) is 0 Å². The Kier molecular flexibility index (Phi) is 4.63. The lowest BCUT2D eigenvalue weighted by atomic mass is 9.97. The fraction of sp³-hybridized carbons (Fsp3) is 0.400. The Balaban J connectivity index is 1.88. The van der Waals surface area contributed by atoms with Gasteiger partial charge in [-0.3, -0.25) is 9.36 Å². The van der Waals surface area contributed by atoms with E-state index in [9.17, 15) is 9.18 Å². The zero-order valence-electron chi connectivity index (χ0n) is 15.1. The number of halogens is 1. The predicted octanol–water partition coefficient (Wildman–Crippen LogP) is 3.59. The Hall–Kier alpha value is -2.05. The van der Waals surface area contributed by atoms with Crippen molar-refractivity contribution in [3.05, 3.63) is 62.3 Å². The van der Waals surface area contributed by atoms with Crippen molar-refractivity contribution >= 4 is 21.6 Å². The molecule has 26 heavy (non-hydrogen) atoms. The maximum absolute atomic E-state index is 13.4. The van der Waals surface area contributed by atoms with Gasteiger partial charge in [-0.1, -0.05) is 12.1 Å². The van der Waals surface area contributed by atoms with Crippen molar-refractivity contribution in [3.63, 3.8) is 0 Å². The van der Waals surface area contributed by atoms with Crippen LogP contribution in [0.25, 0.3) is 10.2 Å². The molecule has 1 aromatic carbocycles. The molecule has 0 fully saturated rings. The number of hydrogen-bond acceptors (Lipinski definition) is 4. The van der Waals surface area contributed by atoms with E-state index in [0.717, 1.165) is 40.9 Å². The zero-order chi connectivity index (χ0) is 18.3. The van der Waals surface area contributed by atoms with E-state index >= 15 is 0 Å². The average Bonchev–Trinajstić information content (AvgIpc) is 2.98. The molecule has 0 bridgehead atoms. The van der Waals surface area contributed by atoms with Crippen LogP contribution in [-0.2, 0) is 25.9 Å². The molecule has 1 aliphatic rings. The molecule has 0 atom stereocenters. The van der Waals surface area contributed by atoms with E-state index in [4.69, 9.17) is 4.98 Å². The van der Waals surface area contributed by atoms with Crippen LogP contribution in [0.15, 0.2) is 29.1 Å². The van der Waals surface area contributed by atoms with Gasteiger partial charge in [-0.15, -0.1) is 11.3 Å². The van der Waals surface area contributed by atoms with Gasteiger partial charge in [-0.2, -0.15) is 0 Å². The number of aromatic nitrogens is 2. The molecule has 136 valence electrons. The summed E-state index contributed by atoms with van der Waals surface area (Å²) in [5.41, 5.74) is 2.15. The fourth-order valence-corrected chi connectivity index (χ4v) is 4.89. The highest BCUT2D eigenvalue weighted by Crippen LogP contribution is 2.33. The minimum Gasteiger partial charge on any atom is -0.302 e. The topological polar surface area (TPSA) is 38.1 Å². The maximum atomic E-state index is 13.4. The number of hydrogen-bond donors (Lipinski definition) is 0. The summed E-state index contributed by atoms with van der Waals surface area (Å²) in [4.78, 5) is 22.4. The minimum absolute atomic E-state index is 0.0376. The van der Waals surface area contributed by atoms with Gasteiger partial charge in [0.05, 0.1) is 18.5 Å². The summed E-state index contributed by atoms with van der Waals surface area (Å²) in [6.45, 7) is 1.00. The quantitative estimate of drug-likeness (QED) is 0.703. The summed E-state index contributed by atoms with van der Waals surface area (Å²) in [6.07, 6.45) is 4.34. The lowest BCUT2D eigenvalue weighted by Crippen LogP contribution is -2.29. The molecular formula is C20H22FN3OS. The van der Waals surface area contributed by atoms with E-state index in [1.54, 1.807) is 28.0 Å². The van der Waals surface area contributed by atoms with Gasteiger partial charge in [-0.05, 0) is 63.0 Å². The van der Waals surface area contributed by atoms with Crippen molar-refractivity contribution in [2.45, 2.75) is 38.8 Å². The third-order valence-corrected chi connectivity index (χ3v) is 6.05. The van der Waals surface area contributed by atoms with Gasteiger partial charge >= 0.3 is 0 Å². The Morgan fingerprint density at radius 2 is 1.92 bits per heavy atom. The lowest BCUT2D eigenvalue weighted by Gasteiger charge is -2.16. The van der Waals surface area contributed by atoms with Crippen LogP contribution in [0, 0.1) is 5.82 Å². The fourth-order valence-electron chi connectivity index (χ4n) is 3.62. The molecule has 6 heteroatoms. The van der Waals surface area contributed by atoms with Crippen LogP contribution in [0.3, 0.4) is 0 Å². The molecule has 0 N–H and O–H groups in total. The van der Waals surface area contributed by atoms with Gasteiger partial charge in [0.25, 0.3) is 5.56 Å². The third kappa shape index (κ3) is 3.19. The average molecular weight is 371 g/mol. The van der Waals surface area contributed by atoms with Crippen molar-refractivity contribution in [2.75, 3.05) is 14.1 Å². The van der Waals surface area contributed by atoms with Gasteiger partial charge in [0, 0.05) is 4.88 Å². The summed E-state index contributed by atoms with van der Waals surface area (Å²) in [7, 11) is 3.94. The van der Waals surface area contributed by atoms with Crippen molar-refractivity contribution in [1.29, 1.82) is 0 Å². The Morgan fingerprint density at radius 3 is 2.65 bits per heavy atom. The van der Waals surface area contributed by atoms with E-state index < -0.39 is 0 Å². The van der Waals surface area contributed by atoms with Crippen LogP contribution in [0.2, 0.25) is 0 Å². The molecular weight excluding hydrogens is 349 g/mol. The Bertz CT molecular complexity index is 1000. The second kappa shape index (κ2) is 6.93.